The Labute approximate surface area is 148 Å². The minimum atomic E-state index is -0.240. The monoisotopic (exact) mass is 340 g/mol. The van der Waals surface area contributed by atoms with Crippen molar-refractivity contribution in [3.05, 3.63) is 53.7 Å². The van der Waals surface area contributed by atoms with Crippen LogP contribution in [0.3, 0.4) is 0 Å². The zero-order valence-electron chi connectivity index (χ0n) is 15.1. The topological polar surface area (TPSA) is 60.5 Å². The fraction of sp³-hybridized carbons (Fsp3) is 0.300. The van der Waals surface area contributed by atoms with Crippen molar-refractivity contribution in [1.82, 2.24) is 4.98 Å². The molecule has 1 heterocycles. The third-order valence-electron chi connectivity index (χ3n) is 3.35. The summed E-state index contributed by atoms with van der Waals surface area (Å²) in [5.41, 5.74) is 1.89. The zero-order valence-corrected chi connectivity index (χ0v) is 15.1. The van der Waals surface area contributed by atoms with Crippen LogP contribution < -0.4 is 14.8 Å². The van der Waals surface area contributed by atoms with Gasteiger partial charge in [0.1, 0.15) is 5.82 Å². The molecular weight excluding hydrogens is 316 g/mol. The van der Waals surface area contributed by atoms with E-state index in [1.54, 1.807) is 25.4 Å². The van der Waals surface area contributed by atoms with Crippen molar-refractivity contribution in [1.29, 1.82) is 0 Å². The average Bonchev–Trinajstić information content (AvgIpc) is 2.60. The molecule has 0 aliphatic rings. The quantitative estimate of drug-likeness (QED) is 0.771. The Hall–Kier alpha value is -2.82. The van der Waals surface area contributed by atoms with E-state index in [9.17, 15) is 4.79 Å². The van der Waals surface area contributed by atoms with Crippen LogP contribution in [0.1, 0.15) is 25.0 Å². The number of nitrogens with zero attached hydrogens (tertiary/aromatic N) is 1. The van der Waals surface area contributed by atoms with Gasteiger partial charge in [0.2, 0.25) is 5.91 Å². The van der Waals surface area contributed by atoms with E-state index in [4.69, 9.17) is 9.47 Å². The number of benzene rings is 1. The first-order valence-electron chi connectivity index (χ1n) is 8.20. The Morgan fingerprint density at radius 2 is 2.04 bits per heavy atom. The van der Waals surface area contributed by atoms with Crippen molar-refractivity contribution in [3.8, 4) is 11.5 Å². The highest BCUT2D eigenvalue weighted by atomic mass is 16.5. The van der Waals surface area contributed by atoms with E-state index in [0.717, 1.165) is 11.1 Å². The second-order valence-electron chi connectivity index (χ2n) is 6.16. The van der Waals surface area contributed by atoms with Gasteiger partial charge in [-0.2, -0.15) is 0 Å². The van der Waals surface area contributed by atoms with Gasteiger partial charge in [-0.3, -0.25) is 4.79 Å². The summed E-state index contributed by atoms with van der Waals surface area (Å²) in [7, 11) is 1.60. The Morgan fingerprint density at radius 1 is 1.24 bits per heavy atom. The van der Waals surface area contributed by atoms with Gasteiger partial charge in [0, 0.05) is 12.3 Å². The van der Waals surface area contributed by atoms with E-state index >= 15 is 0 Å². The van der Waals surface area contributed by atoms with Gasteiger partial charge in [-0.1, -0.05) is 26.0 Å². The van der Waals surface area contributed by atoms with Crippen LogP contribution in [0.15, 0.2) is 42.6 Å². The van der Waals surface area contributed by atoms with Gasteiger partial charge in [-0.05, 0) is 48.2 Å². The molecule has 0 atom stereocenters. The second kappa shape index (κ2) is 8.87. The molecule has 5 heteroatoms. The number of anilines is 1. The smallest absolute Gasteiger partial charge is 0.249 e. The first-order chi connectivity index (χ1) is 12.0. The number of carbonyl (C=O) groups excluding carboxylic acids is 1. The van der Waals surface area contributed by atoms with Gasteiger partial charge >= 0.3 is 0 Å². The van der Waals surface area contributed by atoms with Crippen molar-refractivity contribution in [2.24, 2.45) is 5.92 Å². The summed E-state index contributed by atoms with van der Waals surface area (Å²) in [6, 6.07) is 9.23. The maximum atomic E-state index is 12.0. The molecule has 0 saturated heterocycles. The predicted octanol–water partition coefficient (Wildman–Crippen LogP) is 4.09. The molecule has 1 N–H and O–H groups in total. The number of aryl methyl sites for hydroxylation is 1. The number of ether oxygens (including phenoxy) is 2. The number of nitrogens with one attached hydrogen (secondary N) is 1. The largest absolute Gasteiger partial charge is 0.493 e. The van der Waals surface area contributed by atoms with Gasteiger partial charge < -0.3 is 14.8 Å². The summed E-state index contributed by atoms with van der Waals surface area (Å²) in [5.74, 6) is 2.05. The van der Waals surface area contributed by atoms with Crippen LogP contribution in [-0.4, -0.2) is 24.6 Å². The van der Waals surface area contributed by atoms with Crippen LogP contribution in [0.2, 0.25) is 0 Å². The lowest BCUT2D eigenvalue weighted by Gasteiger charge is -2.12. The number of carbonyl (C=O) groups is 1. The van der Waals surface area contributed by atoms with E-state index < -0.39 is 0 Å². The predicted molar refractivity (Wildman–Crippen MR) is 100.0 cm³/mol. The first kappa shape index (κ1) is 18.5. The van der Waals surface area contributed by atoms with Gasteiger partial charge in [0.05, 0.1) is 13.7 Å². The van der Waals surface area contributed by atoms with Gasteiger partial charge in [0.25, 0.3) is 0 Å². The fourth-order valence-corrected chi connectivity index (χ4v) is 2.05. The fourth-order valence-electron chi connectivity index (χ4n) is 2.05. The number of amides is 1. The van der Waals surface area contributed by atoms with Crippen molar-refractivity contribution < 1.29 is 14.3 Å². The molecular formula is C20H24N2O3. The molecule has 1 amide bonds. The molecule has 2 rings (SSSR count). The van der Waals surface area contributed by atoms with E-state index in [1.807, 2.05) is 31.2 Å². The number of pyridine rings is 1. The number of hydrogen-bond acceptors (Lipinski definition) is 4. The third-order valence-corrected chi connectivity index (χ3v) is 3.35. The highest BCUT2D eigenvalue weighted by molar-refractivity contribution is 6.01. The average molecular weight is 340 g/mol. The molecule has 132 valence electrons. The Morgan fingerprint density at radius 3 is 2.68 bits per heavy atom. The molecule has 5 nitrogen and oxygen atoms in total. The molecule has 0 spiro atoms. The summed E-state index contributed by atoms with van der Waals surface area (Å²) in [4.78, 5) is 16.1. The first-order valence-corrected chi connectivity index (χ1v) is 8.20. The summed E-state index contributed by atoms with van der Waals surface area (Å²) in [6.07, 6.45) is 4.89. The molecule has 2 aromatic rings. The van der Waals surface area contributed by atoms with Gasteiger partial charge in [-0.25, -0.2) is 4.98 Å². The normalized spacial score (nSPS) is 10.9. The van der Waals surface area contributed by atoms with Crippen molar-refractivity contribution in [3.63, 3.8) is 0 Å². The Balaban J connectivity index is 2.02. The number of hydrogen-bond donors (Lipinski definition) is 1. The second-order valence-corrected chi connectivity index (χ2v) is 6.16. The van der Waals surface area contributed by atoms with Crippen molar-refractivity contribution in [2.45, 2.75) is 20.8 Å². The number of methoxy groups -OCH3 is 1. The zero-order chi connectivity index (χ0) is 18.2. The maximum absolute atomic E-state index is 12.0. The van der Waals surface area contributed by atoms with Crippen LogP contribution in [-0.2, 0) is 4.79 Å². The van der Waals surface area contributed by atoms with Crippen LogP contribution >= 0.6 is 0 Å². The molecule has 0 saturated carbocycles. The molecule has 0 bridgehead atoms. The highest BCUT2D eigenvalue weighted by Gasteiger charge is 2.06. The van der Waals surface area contributed by atoms with Crippen molar-refractivity contribution >= 4 is 17.8 Å². The Kier molecular flexibility index (Phi) is 6.57. The summed E-state index contributed by atoms with van der Waals surface area (Å²) >= 11 is 0. The van der Waals surface area contributed by atoms with E-state index in [0.29, 0.717) is 29.8 Å². The van der Waals surface area contributed by atoms with Crippen LogP contribution in [0.5, 0.6) is 11.5 Å². The molecule has 0 aliphatic heterocycles. The van der Waals surface area contributed by atoms with Crippen LogP contribution in [0, 0.1) is 12.8 Å². The summed E-state index contributed by atoms with van der Waals surface area (Å²) in [5, 5.41) is 2.72. The van der Waals surface area contributed by atoms with Crippen molar-refractivity contribution in [2.75, 3.05) is 19.0 Å². The number of rotatable bonds is 7. The molecule has 0 aliphatic carbocycles. The highest BCUT2D eigenvalue weighted by Crippen LogP contribution is 2.29. The molecule has 1 aromatic carbocycles. The molecule has 0 radical (unpaired) electrons. The standard InChI is InChI=1S/C20H24N2O3/c1-14(2)13-25-17-8-6-16(11-18(17)24-4)7-10-20(23)22-19-9-5-15(3)12-21-19/h5-12,14H,13H2,1-4H3,(H,21,22,23)/b10-7+. The van der Waals surface area contributed by atoms with Crippen LogP contribution in [0.25, 0.3) is 6.08 Å². The lowest BCUT2D eigenvalue weighted by molar-refractivity contribution is -0.111. The molecule has 25 heavy (non-hydrogen) atoms. The lowest BCUT2D eigenvalue weighted by atomic mass is 10.2. The summed E-state index contributed by atoms with van der Waals surface area (Å²) < 4.78 is 11.1. The van der Waals surface area contributed by atoms with Crippen LogP contribution in [0.4, 0.5) is 5.82 Å². The van der Waals surface area contributed by atoms with E-state index in [-0.39, 0.29) is 5.91 Å². The van der Waals surface area contributed by atoms with Gasteiger partial charge in [-0.15, -0.1) is 0 Å². The molecule has 0 fully saturated rings. The van der Waals surface area contributed by atoms with Gasteiger partial charge in [0.15, 0.2) is 11.5 Å². The summed E-state index contributed by atoms with van der Waals surface area (Å²) in [6.45, 7) is 6.74. The maximum Gasteiger partial charge on any atom is 0.249 e. The van der Waals surface area contributed by atoms with E-state index in [1.165, 1.54) is 6.08 Å². The SMILES string of the molecule is COc1cc(/C=C/C(=O)Nc2ccc(C)cn2)ccc1OCC(C)C. The van der Waals surface area contributed by atoms with E-state index in [2.05, 4.69) is 24.1 Å². The molecule has 1 aromatic heterocycles. The minimum absolute atomic E-state index is 0.240. The third kappa shape index (κ3) is 5.95. The molecule has 0 unspecified atom stereocenters. The number of aromatic nitrogens is 1. The Bertz CT molecular complexity index is 737. The minimum Gasteiger partial charge on any atom is -0.493 e. The lowest BCUT2D eigenvalue weighted by Crippen LogP contribution is -2.09.